The highest BCUT2D eigenvalue weighted by molar-refractivity contribution is 7.22. The average molecular weight is 446 g/mol. The van der Waals surface area contributed by atoms with Gasteiger partial charge in [-0.25, -0.2) is 4.98 Å². The third-order valence-corrected chi connectivity index (χ3v) is 6.87. The monoisotopic (exact) mass is 445 g/mol. The molecule has 1 fully saturated rings. The smallest absolute Gasteiger partial charge is 0.254 e. The Morgan fingerprint density at radius 2 is 1.87 bits per heavy atom. The maximum Gasteiger partial charge on any atom is 0.254 e. The number of piperazine rings is 1. The van der Waals surface area contributed by atoms with Gasteiger partial charge in [-0.1, -0.05) is 22.9 Å². The molecule has 5 rings (SSSR count). The third kappa shape index (κ3) is 3.40. The minimum absolute atomic E-state index is 0.000590. The summed E-state index contributed by atoms with van der Waals surface area (Å²) in [6.07, 6.45) is 0. The third-order valence-electron chi connectivity index (χ3n) is 5.29. The van der Waals surface area contributed by atoms with E-state index in [-0.39, 0.29) is 5.91 Å². The second-order valence-electron chi connectivity index (χ2n) is 7.06. The van der Waals surface area contributed by atoms with Gasteiger partial charge >= 0.3 is 0 Å². The van der Waals surface area contributed by atoms with Crippen molar-refractivity contribution >= 4 is 44.2 Å². The molecule has 0 saturated carbocycles. The molecule has 1 saturated heterocycles. The largest absolute Gasteiger partial charge is 0.494 e. The number of halogens is 1. The van der Waals surface area contributed by atoms with Crippen LogP contribution in [0.1, 0.15) is 10.4 Å². The number of fused-ring (bicyclic) bond motifs is 2. The van der Waals surface area contributed by atoms with Crippen LogP contribution in [-0.2, 0) is 0 Å². The van der Waals surface area contributed by atoms with Crippen LogP contribution in [0.2, 0.25) is 5.02 Å². The van der Waals surface area contributed by atoms with Crippen LogP contribution in [0.5, 0.6) is 17.2 Å². The molecule has 2 aliphatic heterocycles. The minimum Gasteiger partial charge on any atom is -0.494 e. The van der Waals surface area contributed by atoms with Gasteiger partial charge in [0.05, 0.1) is 16.8 Å². The molecule has 0 unspecified atom stereocenters. The number of amides is 1. The van der Waals surface area contributed by atoms with Gasteiger partial charge < -0.3 is 24.0 Å². The fraction of sp³-hybridized carbons (Fsp3) is 0.333. The maximum atomic E-state index is 13.0. The summed E-state index contributed by atoms with van der Waals surface area (Å²) in [5, 5.41) is 1.56. The maximum absolute atomic E-state index is 13.0. The van der Waals surface area contributed by atoms with Gasteiger partial charge in [0.2, 0.25) is 0 Å². The predicted molar refractivity (Wildman–Crippen MR) is 117 cm³/mol. The molecule has 0 N–H and O–H groups in total. The minimum atomic E-state index is 0.000590. The highest BCUT2D eigenvalue weighted by atomic mass is 35.5. The molecule has 0 spiro atoms. The zero-order valence-electron chi connectivity index (χ0n) is 16.4. The molecule has 0 atom stereocenters. The SMILES string of the molecule is COc1ccc(Cl)c2sc(N3CCN(C(=O)c4ccc5c(c4)OCCO5)CC3)nc12. The van der Waals surface area contributed by atoms with Crippen LogP contribution in [0.3, 0.4) is 0 Å². The lowest BCUT2D eigenvalue weighted by Crippen LogP contribution is -2.48. The van der Waals surface area contributed by atoms with E-state index < -0.39 is 0 Å². The van der Waals surface area contributed by atoms with E-state index in [4.69, 9.17) is 30.8 Å². The molecule has 1 amide bonds. The number of methoxy groups -OCH3 is 1. The van der Waals surface area contributed by atoms with Crippen molar-refractivity contribution < 1.29 is 19.0 Å². The molecule has 0 aliphatic carbocycles. The Hall–Kier alpha value is -2.71. The molecule has 2 aliphatic rings. The molecular weight excluding hydrogens is 426 g/mol. The van der Waals surface area contributed by atoms with Crippen LogP contribution in [0.25, 0.3) is 10.2 Å². The lowest BCUT2D eigenvalue weighted by Gasteiger charge is -2.34. The second-order valence-corrected chi connectivity index (χ2v) is 8.45. The lowest BCUT2D eigenvalue weighted by molar-refractivity contribution is 0.0745. The van der Waals surface area contributed by atoms with Crippen molar-refractivity contribution in [3.05, 3.63) is 40.9 Å². The van der Waals surface area contributed by atoms with Crippen molar-refractivity contribution in [2.45, 2.75) is 0 Å². The van der Waals surface area contributed by atoms with E-state index in [0.717, 1.165) is 15.3 Å². The van der Waals surface area contributed by atoms with E-state index in [9.17, 15) is 4.79 Å². The van der Waals surface area contributed by atoms with Gasteiger partial charge in [-0.3, -0.25) is 4.79 Å². The first-order chi connectivity index (χ1) is 14.6. The zero-order chi connectivity index (χ0) is 20.7. The fourth-order valence-electron chi connectivity index (χ4n) is 3.70. The highest BCUT2D eigenvalue weighted by Crippen LogP contribution is 2.39. The summed E-state index contributed by atoms with van der Waals surface area (Å²) < 4.78 is 17.5. The number of carbonyl (C=O) groups excluding carboxylic acids is 1. The second kappa shape index (κ2) is 7.85. The molecule has 30 heavy (non-hydrogen) atoms. The van der Waals surface area contributed by atoms with Gasteiger partial charge in [0.15, 0.2) is 16.6 Å². The van der Waals surface area contributed by atoms with E-state index in [1.54, 1.807) is 36.6 Å². The summed E-state index contributed by atoms with van der Waals surface area (Å²) >= 11 is 7.90. The van der Waals surface area contributed by atoms with E-state index in [1.807, 2.05) is 17.0 Å². The van der Waals surface area contributed by atoms with Gasteiger partial charge in [-0.05, 0) is 30.3 Å². The summed E-state index contributed by atoms with van der Waals surface area (Å²) in [6.45, 7) is 3.68. The van der Waals surface area contributed by atoms with Crippen LogP contribution in [-0.4, -0.2) is 62.3 Å². The molecule has 1 aromatic heterocycles. The van der Waals surface area contributed by atoms with Gasteiger partial charge in [-0.15, -0.1) is 0 Å². The quantitative estimate of drug-likeness (QED) is 0.612. The predicted octanol–water partition coefficient (Wildman–Crippen LogP) is 3.69. The normalized spacial score (nSPS) is 16.1. The number of carbonyl (C=O) groups is 1. The van der Waals surface area contributed by atoms with Crippen LogP contribution >= 0.6 is 22.9 Å². The van der Waals surface area contributed by atoms with Gasteiger partial charge in [0.25, 0.3) is 5.91 Å². The highest BCUT2D eigenvalue weighted by Gasteiger charge is 2.26. The Bertz CT molecular complexity index is 1110. The molecule has 2 aromatic carbocycles. The molecule has 7 nitrogen and oxygen atoms in total. The van der Waals surface area contributed by atoms with Crippen molar-refractivity contribution in [1.82, 2.24) is 9.88 Å². The number of hydrogen-bond donors (Lipinski definition) is 0. The first-order valence-corrected chi connectivity index (χ1v) is 10.9. The average Bonchev–Trinajstić information content (AvgIpc) is 3.25. The van der Waals surface area contributed by atoms with Gasteiger partial charge in [0.1, 0.15) is 24.5 Å². The molecule has 3 heterocycles. The fourth-order valence-corrected chi connectivity index (χ4v) is 5.01. The van der Waals surface area contributed by atoms with E-state index in [0.29, 0.717) is 67.2 Å². The number of ether oxygens (including phenoxy) is 3. The molecule has 0 radical (unpaired) electrons. The summed E-state index contributed by atoms with van der Waals surface area (Å²) in [7, 11) is 1.63. The van der Waals surface area contributed by atoms with E-state index >= 15 is 0 Å². The van der Waals surface area contributed by atoms with E-state index in [1.165, 1.54) is 0 Å². The van der Waals surface area contributed by atoms with Crippen molar-refractivity contribution in [3.63, 3.8) is 0 Å². The number of rotatable bonds is 3. The Morgan fingerprint density at radius 1 is 1.10 bits per heavy atom. The van der Waals surface area contributed by atoms with Gasteiger partial charge in [-0.2, -0.15) is 0 Å². The first kappa shape index (κ1) is 19.3. The van der Waals surface area contributed by atoms with Crippen molar-refractivity contribution in [2.75, 3.05) is 51.4 Å². The van der Waals surface area contributed by atoms with Gasteiger partial charge in [0, 0.05) is 31.7 Å². The summed E-state index contributed by atoms with van der Waals surface area (Å²) in [6, 6.07) is 9.03. The number of nitrogens with zero attached hydrogens (tertiary/aromatic N) is 3. The number of anilines is 1. The molecule has 156 valence electrons. The Morgan fingerprint density at radius 3 is 2.63 bits per heavy atom. The number of thiazole rings is 1. The van der Waals surface area contributed by atoms with Crippen LogP contribution in [0.15, 0.2) is 30.3 Å². The molecule has 0 bridgehead atoms. The van der Waals surface area contributed by atoms with Crippen LogP contribution in [0.4, 0.5) is 5.13 Å². The van der Waals surface area contributed by atoms with E-state index in [2.05, 4.69) is 4.90 Å². The lowest BCUT2D eigenvalue weighted by atomic mass is 10.1. The summed E-state index contributed by atoms with van der Waals surface area (Å²) in [4.78, 5) is 21.8. The Kier molecular flexibility index (Phi) is 5.04. The molecule has 3 aromatic rings. The number of benzene rings is 2. The zero-order valence-corrected chi connectivity index (χ0v) is 18.0. The van der Waals surface area contributed by atoms with Crippen LogP contribution in [0, 0.1) is 0 Å². The Balaban J connectivity index is 1.30. The van der Waals surface area contributed by atoms with Crippen LogP contribution < -0.4 is 19.1 Å². The summed E-state index contributed by atoms with van der Waals surface area (Å²) in [5.41, 5.74) is 1.39. The molecular formula is C21H20ClN3O4S. The number of hydrogen-bond acceptors (Lipinski definition) is 7. The van der Waals surface area contributed by atoms with Crippen molar-refractivity contribution in [2.24, 2.45) is 0 Å². The topological polar surface area (TPSA) is 64.1 Å². The Labute approximate surface area is 182 Å². The summed E-state index contributed by atoms with van der Waals surface area (Å²) in [5.74, 6) is 2.03. The number of aromatic nitrogens is 1. The van der Waals surface area contributed by atoms with Crippen molar-refractivity contribution in [3.8, 4) is 17.2 Å². The molecule has 9 heteroatoms. The van der Waals surface area contributed by atoms with Crippen molar-refractivity contribution in [1.29, 1.82) is 0 Å². The first-order valence-electron chi connectivity index (χ1n) is 9.71. The standard InChI is InChI=1S/C21H20ClN3O4S/c1-27-16-5-3-14(22)19-18(16)23-21(30-19)25-8-6-24(7-9-25)20(26)13-2-4-15-17(12-13)29-11-10-28-15/h2-5,12H,6-11H2,1H3.